The highest BCUT2D eigenvalue weighted by Gasteiger charge is 2.26. The smallest absolute Gasteiger partial charge is 0.220 e. The molecule has 0 heterocycles. The topological polar surface area (TPSA) is 89.8 Å². The molecule has 252 valence electrons. The van der Waals surface area contributed by atoms with E-state index in [1.54, 1.807) is 0 Å². The fourth-order valence-electron chi connectivity index (χ4n) is 5.99. The molecule has 0 rings (SSSR count). The Hall–Kier alpha value is -0.650. The minimum atomic E-state index is -1.13. The molecule has 1 amide bonds. The largest absolute Gasteiger partial charge is 0.394 e. The van der Waals surface area contributed by atoms with Crippen molar-refractivity contribution < 1.29 is 20.1 Å². The van der Waals surface area contributed by atoms with Crippen LogP contribution >= 0.6 is 0 Å². The van der Waals surface area contributed by atoms with Crippen LogP contribution in [0.15, 0.2) is 0 Å². The van der Waals surface area contributed by atoms with E-state index in [4.69, 9.17) is 0 Å². The van der Waals surface area contributed by atoms with E-state index < -0.39 is 18.2 Å². The summed E-state index contributed by atoms with van der Waals surface area (Å²) in [5.41, 5.74) is 0. The summed E-state index contributed by atoms with van der Waals surface area (Å²) in [6.45, 7) is 4.16. The molecular formula is C37H75NO4. The van der Waals surface area contributed by atoms with E-state index in [1.165, 1.54) is 141 Å². The number of amides is 1. The van der Waals surface area contributed by atoms with Gasteiger partial charge in [0.25, 0.3) is 0 Å². The van der Waals surface area contributed by atoms with Gasteiger partial charge in [-0.05, 0) is 12.8 Å². The molecule has 0 saturated carbocycles. The fraction of sp³-hybridized carbons (Fsp3) is 0.973. The van der Waals surface area contributed by atoms with E-state index in [1.807, 2.05) is 0 Å². The lowest BCUT2D eigenvalue weighted by Crippen LogP contribution is -2.50. The van der Waals surface area contributed by atoms with Crippen LogP contribution in [-0.4, -0.2) is 46.1 Å². The molecule has 0 radical (unpaired) electrons. The van der Waals surface area contributed by atoms with Gasteiger partial charge < -0.3 is 20.6 Å². The molecule has 0 saturated heterocycles. The van der Waals surface area contributed by atoms with Gasteiger partial charge in [-0.15, -0.1) is 0 Å². The van der Waals surface area contributed by atoms with E-state index in [-0.39, 0.29) is 12.5 Å². The second kappa shape index (κ2) is 33.2. The molecule has 5 heteroatoms. The lowest BCUT2D eigenvalue weighted by Gasteiger charge is -2.26. The average molecular weight is 598 g/mol. The molecule has 0 aliphatic carbocycles. The Morgan fingerprint density at radius 3 is 1.14 bits per heavy atom. The minimum Gasteiger partial charge on any atom is -0.394 e. The van der Waals surface area contributed by atoms with Crippen LogP contribution in [0.5, 0.6) is 0 Å². The van der Waals surface area contributed by atoms with E-state index in [0.29, 0.717) is 12.8 Å². The number of unbranched alkanes of at least 4 members (excludes halogenated alkanes) is 26. The zero-order valence-corrected chi connectivity index (χ0v) is 28.4. The van der Waals surface area contributed by atoms with E-state index in [9.17, 15) is 20.1 Å². The van der Waals surface area contributed by atoms with Crippen LogP contribution in [0, 0.1) is 0 Å². The van der Waals surface area contributed by atoms with Gasteiger partial charge in [-0.25, -0.2) is 0 Å². The molecule has 3 atom stereocenters. The van der Waals surface area contributed by atoms with Crippen molar-refractivity contribution in [1.82, 2.24) is 5.32 Å². The highest BCUT2D eigenvalue weighted by atomic mass is 16.3. The molecular weight excluding hydrogens is 522 g/mol. The number of aliphatic hydroxyl groups excluding tert-OH is 3. The van der Waals surface area contributed by atoms with Crippen LogP contribution in [0.1, 0.15) is 206 Å². The van der Waals surface area contributed by atoms with Gasteiger partial charge >= 0.3 is 0 Å². The van der Waals surface area contributed by atoms with E-state index in [0.717, 1.165) is 38.5 Å². The van der Waals surface area contributed by atoms with E-state index >= 15 is 0 Å². The summed E-state index contributed by atoms with van der Waals surface area (Å²) in [4.78, 5) is 12.3. The van der Waals surface area contributed by atoms with Crippen molar-refractivity contribution in [3.63, 3.8) is 0 Å². The highest BCUT2D eigenvalue weighted by Crippen LogP contribution is 2.16. The molecule has 0 aromatic rings. The SMILES string of the molecule is CCCCCCCCCCCCCCCCCCCCC(=O)N[C@@H](CO)[C@H](O)[C@H](O)CCCCCCCCCCCC. The zero-order chi connectivity index (χ0) is 30.9. The fourth-order valence-corrected chi connectivity index (χ4v) is 5.99. The van der Waals surface area contributed by atoms with Gasteiger partial charge in [0.1, 0.15) is 6.10 Å². The van der Waals surface area contributed by atoms with Gasteiger partial charge in [0.05, 0.1) is 18.8 Å². The van der Waals surface area contributed by atoms with Crippen LogP contribution in [0.25, 0.3) is 0 Å². The Balaban J connectivity index is 3.61. The summed E-state index contributed by atoms with van der Waals surface area (Å²) in [5, 5.41) is 33.3. The first-order valence-corrected chi connectivity index (χ1v) is 18.8. The Kier molecular flexibility index (Phi) is 32.7. The van der Waals surface area contributed by atoms with Crippen molar-refractivity contribution in [2.24, 2.45) is 0 Å². The van der Waals surface area contributed by atoms with Crippen molar-refractivity contribution in [2.75, 3.05) is 6.61 Å². The zero-order valence-electron chi connectivity index (χ0n) is 28.4. The molecule has 0 aliphatic rings. The van der Waals surface area contributed by atoms with Gasteiger partial charge in [-0.3, -0.25) is 4.79 Å². The summed E-state index contributed by atoms with van der Waals surface area (Å²) < 4.78 is 0. The summed E-state index contributed by atoms with van der Waals surface area (Å²) in [6.07, 6.45) is 34.8. The average Bonchev–Trinajstić information content (AvgIpc) is 2.99. The number of carbonyl (C=O) groups excluding carboxylic acids is 1. The van der Waals surface area contributed by atoms with Crippen LogP contribution in [-0.2, 0) is 4.79 Å². The number of nitrogens with one attached hydrogen (secondary N) is 1. The molecule has 0 aromatic carbocycles. The number of aliphatic hydroxyl groups is 3. The van der Waals surface area contributed by atoms with Crippen molar-refractivity contribution in [2.45, 2.75) is 225 Å². The molecule has 5 nitrogen and oxygen atoms in total. The van der Waals surface area contributed by atoms with Gasteiger partial charge in [0.2, 0.25) is 5.91 Å². The van der Waals surface area contributed by atoms with Gasteiger partial charge in [-0.1, -0.05) is 187 Å². The van der Waals surface area contributed by atoms with Crippen molar-refractivity contribution >= 4 is 5.91 Å². The third kappa shape index (κ3) is 28.1. The molecule has 0 spiro atoms. The predicted molar refractivity (Wildman–Crippen MR) is 181 cm³/mol. The Morgan fingerprint density at radius 1 is 0.500 bits per heavy atom. The van der Waals surface area contributed by atoms with Crippen LogP contribution in [0.3, 0.4) is 0 Å². The normalized spacial score (nSPS) is 13.7. The summed E-state index contributed by atoms with van der Waals surface area (Å²) in [7, 11) is 0. The summed E-state index contributed by atoms with van der Waals surface area (Å²) >= 11 is 0. The van der Waals surface area contributed by atoms with Gasteiger partial charge in [0.15, 0.2) is 0 Å². The number of hydrogen-bond donors (Lipinski definition) is 4. The monoisotopic (exact) mass is 598 g/mol. The third-order valence-electron chi connectivity index (χ3n) is 8.96. The first-order chi connectivity index (χ1) is 20.6. The van der Waals surface area contributed by atoms with Crippen LogP contribution in [0.4, 0.5) is 0 Å². The Morgan fingerprint density at radius 2 is 0.810 bits per heavy atom. The minimum absolute atomic E-state index is 0.143. The van der Waals surface area contributed by atoms with Crippen molar-refractivity contribution in [3.8, 4) is 0 Å². The van der Waals surface area contributed by atoms with E-state index in [2.05, 4.69) is 19.2 Å². The maximum Gasteiger partial charge on any atom is 0.220 e. The lowest BCUT2D eigenvalue weighted by atomic mass is 9.99. The first-order valence-electron chi connectivity index (χ1n) is 18.8. The molecule has 0 bridgehead atoms. The van der Waals surface area contributed by atoms with Gasteiger partial charge in [0, 0.05) is 6.42 Å². The Bertz CT molecular complexity index is 544. The summed E-state index contributed by atoms with van der Waals surface area (Å²) in [5.74, 6) is -0.143. The molecule has 0 aliphatic heterocycles. The molecule has 0 aromatic heterocycles. The number of carbonyl (C=O) groups is 1. The quantitative estimate of drug-likeness (QED) is 0.0556. The van der Waals surface area contributed by atoms with Gasteiger partial charge in [-0.2, -0.15) is 0 Å². The molecule has 0 fully saturated rings. The maximum atomic E-state index is 12.3. The summed E-state index contributed by atoms with van der Waals surface area (Å²) in [6, 6.07) is -0.800. The van der Waals surface area contributed by atoms with Crippen molar-refractivity contribution in [1.29, 1.82) is 0 Å². The van der Waals surface area contributed by atoms with Crippen LogP contribution < -0.4 is 5.32 Å². The number of rotatable bonds is 34. The molecule has 42 heavy (non-hydrogen) atoms. The highest BCUT2D eigenvalue weighted by molar-refractivity contribution is 5.76. The first kappa shape index (κ1) is 41.4. The number of hydrogen-bond acceptors (Lipinski definition) is 4. The van der Waals surface area contributed by atoms with Crippen LogP contribution in [0.2, 0.25) is 0 Å². The Labute approximate surface area is 262 Å². The predicted octanol–water partition coefficient (Wildman–Crippen LogP) is 9.93. The van der Waals surface area contributed by atoms with Crippen molar-refractivity contribution in [3.05, 3.63) is 0 Å². The lowest BCUT2D eigenvalue weighted by molar-refractivity contribution is -0.124. The third-order valence-corrected chi connectivity index (χ3v) is 8.96. The second-order valence-corrected chi connectivity index (χ2v) is 13.1. The molecule has 0 unspecified atom stereocenters. The molecule has 4 N–H and O–H groups in total. The second-order valence-electron chi connectivity index (χ2n) is 13.1. The maximum absolute atomic E-state index is 12.3. The standard InChI is InChI=1S/C37H75NO4/c1-3-5-7-9-11-13-15-16-17-18-19-20-21-22-24-26-28-30-32-36(41)38-34(33-39)37(42)35(40)31-29-27-25-23-14-12-10-8-6-4-2/h34-35,37,39-40,42H,3-33H2,1-2H3,(H,38,41)/t34-,35+,37-/m0/s1.